The van der Waals surface area contributed by atoms with Crippen LogP contribution in [0.5, 0.6) is 0 Å². The summed E-state index contributed by atoms with van der Waals surface area (Å²) in [5.74, 6) is 7.16. The first-order valence-electron chi connectivity index (χ1n) is 9.70. The summed E-state index contributed by atoms with van der Waals surface area (Å²) in [5.41, 5.74) is 0. The fraction of sp³-hybridized carbons (Fsp3) is 0.900. The molecule has 0 saturated heterocycles. The van der Waals surface area contributed by atoms with Crippen LogP contribution >= 0.6 is 0 Å². The molecule has 0 fully saturated rings. The van der Waals surface area contributed by atoms with Crippen LogP contribution in [0.1, 0.15) is 91.9 Å². The molecule has 0 radical (unpaired) electrons. The van der Waals surface area contributed by atoms with Crippen LogP contribution < -0.4 is 0 Å². The summed E-state index contributed by atoms with van der Waals surface area (Å²) in [4.78, 5) is 0. The normalized spacial score (nSPS) is 11.2. The van der Waals surface area contributed by atoms with Crippen LogP contribution in [0.4, 0.5) is 0 Å². The molecule has 0 rings (SSSR count). The van der Waals surface area contributed by atoms with Crippen LogP contribution in [0.15, 0.2) is 0 Å². The van der Waals surface area contributed by atoms with E-state index in [2.05, 4.69) is 39.5 Å². The van der Waals surface area contributed by atoms with Gasteiger partial charge in [-0.05, 0) is 0 Å². The Morgan fingerprint density at radius 3 is 1.48 bits per heavy atom. The maximum absolute atomic E-state index is 3.66. The molecule has 0 nitrogen and oxygen atoms in total. The predicted molar refractivity (Wildman–Crippen MR) is 102 cm³/mol. The van der Waals surface area contributed by atoms with E-state index in [1.54, 1.807) is 13.3 Å². The summed E-state index contributed by atoms with van der Waals surface area (Å²) in [7, 11) is 0. The Balaban J connectivity index is 4.54. The van der Waals surface area contributed by atoms with Gasteiger partial charge < -0.3 is 0 Å². The van der Waals surface area contributed by atoms with Crippen molar-refractivity contribution in [3.05, 3.63) is 0 Å². The van der Waals surface area contributed by atoms with Crippen molar-refractivity contribution in [2.45, 2.75) is 110 Å². The van der Waals surface area contributed by atoms with Crippen molar-refractivity contribution < 1.29 is 0 Å². The summed E-state index contributed by atoms with van der Waals surface area (Å²) in [6, 6.07) is 0. The van der Waals surface area contributed by atoms with Crippen LogP contribution in [0, 0.1) is 11.8 Å². The molecule has 0 atom stereocenters. The molecule has 0 bridgehead atoms. The van der Waals surface area contributed by atoms with Gasteiger partial charge in [-0.3, -0.25) is 0 Å². The molecule has 0 aliphatic carbocycles. The first-order valence-corrected chi connectivity index (χ1v) is 17.8. The molecule has 0 saturated carbocycles. The second-order valence-electron chi connectivity index (χ2n) is 6.80. The van der Waals surface area contributed by atoms with E-state index < -0.39 is 18.4 Å². The van der Waals surface area contributed by atoms with Gasteiger partial charge in [-0.25, -0.2) is 0 Å². The van der Waals surface area contributed by atoms with Crippen molar-refractivity contribution >= 4 is 18.4 Å². The molecular formula is C20H40Sn. The van der Waals surface area contributed by atoms with Gasteiger partial charge in [0.25, 0.3) is 0 Å². The first kappa shape index (κ1) is 21.4. The van der Waals surface area contributed by atoms with Crippen LogP contribution in [0.2, 0.25) is 17.7 Å². The Morgan fingerprint density at radius 2 is 1.05 bits per heavy atom. The Bertz CT molecular complexity index is 250. The van der Waals surface area contributed by atoms with Crippen molar-refractivity contribution in [1.82, 2.24) is 0 Å². The Kier molecular flexibility index (Phi) is 15.5. The topological polar surface area (TPSA) is 0 Å². The molecule has 0 heterocycles. The molecule has 21 heavy (non-hydrogen) atoms. The molecule has 0 aromatic carbocycles. The third-order valence-electron chi connectivity index (χ3n) is 4.68. The zero-order valence-corrected chi connectivity index (χ0v) is 18.3. The van der Waals surface area contributed by atoms with E-state index in [0.717, 1.165) is 6.42 Å². The Hall–Kier alpha value is 0.359. The molecule has 0 spiro atoms. The zero-order chi connectivity index (χ0) is 15.8. The van der Waals surface area contributed by atoms with Crippen LogP contribution in [0.3, 0.4) is 0 Å². The van der Waals surface area contributed by atoms with Gasteiger partial charge in [0.1, 0.15) is 0 Å². The average molecular weight is 399 g/mol. The second-order valence-corrected chi connectivity index (χ2v) is 20.7. The third kappa shape index (κ3) is 11.6. The van der Waals surface area contributed by atoms with Gasteiger partial charge in [-0.2, -0.15) is 0 Å². The molecule has 0 aliphatic rings. The third-order valence-corrected chi connectivity index (χ3v) is 19.4. The van der Waals surface area contributed by atoms with Gasteiger partial charge in [0.2, 0.25) is 0 Å². The number of unbranched alkanes of at least 4 members (excludes halogenated alkanes) is 6. The van der Waals surface area contributed by atoms with Gasteiger partial charge in [0.15, 0.2) is 0 Å². The number of rotatable bonds is 13. The predicted octanol–water partition coefficient (Wildman–Crippen LogP) is 7.42. The minimum atomic E-state index is -1.93. The van der Waals surface area contributed by atoms with Crippen molar-refractivity contribution in [2.75, 3.05) is 0 Å². The molecule has 124 valence electrons. The first-order chi connectivity index (χ1) is 10.2. The molecule has 0 aromatic heterocycles. The van der Waals surface area contributed by atoms with Gasteiger partial charge in [-0.15, -0.1) is 0 Å². The number of hydrogen-bond acceptors (Lipinski definition) is 0. The Labute approximate surface area is 139 Å². The van der Waals surface area contributed by atoms with Crippen LogP contribution in [0.25, 0.3) is 0 Å². The van der Waals surface area contributed by atoms with Gasteiger partial charge >= 0.3 is 140 Å². The molecule has 1 heteroatoms. The minimum absolute atomic E-state index is 1.14. The molecule has 0 unspecified atom stereocenters. The molecule has 0 N–H and O–H groups in total. The van der Waals surface area contributed by atoms with E-state index in [-0.39, 0.29) is 0 Å². The molecule has 0 amide bonds. The summed E-state index contributed by atoms with van der Waals surface area (Å²) in [6.07, 6.45) is 13.7. The fourth-order valence-corrected chi connectivity index (χ4v) is 17.6. The van der Waals surface area contributed by atoms with Crippen molar-refractivity contribution in [2.24, 2.45) is 0 Å². The zero-order valence-electron chi connectivity index (χ0n) is 15.4. The fourth-order valence-electron chi connectivity index (χ4n) is 3.10. The maximum atomic E-state index is 3.66. The summed E-state index contributed by atoms with van der Waals surface area (Å²) in [6.45, 7) is 9.33. The molecular weight excluding hydrogens is 359 g/mol. The van der Waals surface area contributed by atoms with Crippen molar-refractivity contribution in [1.29, 1.82) is 0 Å². The molecule has 0 aliphatic heterocycles. The van der Waals surface area contributed by atoms with E-state index in [4.69, 9.17) is 0 Å². The molecule has 0 aromatic rings. The van der Waals surface area contributed by atoms with E-state index in [1.165, 1.54) is 62.2 Å². The van der Waals surface area contributed by atoms with E-state index in [1.807, 2.05) is 0 Å². The van der Waals surface area contributed by atoms with Crippen LogP contribution in [-0.2, 0) is 0 Å². The monoisotopic (exact) mass is 400 g/mol. The van der Waals surface area contributed by atoms with E-state index >= 15 is 0 Å². The van der Waals surface area contributed by atoms with Crippen molar-refractivity contribution in [3.63, 3.8) is 0 Å². The summed E-state index contributed by atoms with van der Waals surface area (Å²) >= 11 is -1.93. The summed E-state index contributed by atoms with van der Waals surface area (Å²) in [5, 5.41) is 0. The van der Waals surface area contributed by atoms with Gasteiger partial charge in [0, 0.05) is 0 Å². The van der Waals surface area contributed by atoms with Gasteiger partial charge in [0.05, 0.1) is 0 Å². The average Bonchev–Trinajstić information content (AvgIpc) is 2.51. The van der Waals surface area contributed by atoms with E-state index in [9.17, 15) is 0 Å². The van der Waals surface area contributed by atoms with Gasteiger partial charge in [-0.1, -0.05) is 0 Å². The Morgan fingerprint density at radius 1 is 0.571 bits per heavy atom. The number of hydrogen-bond donors (Lipinski definition) is 0. The van der Waals surface area contributed by atoms with E-state index in [0.29, 0.717) is 0 Å². The SMILES string of the molecule is CCCCCC#C[CH2][Sn]([CH2]CCC)([CH2]CCC)[CH2]CCC. The summed E-state index contributed by atoms with van der Waals surface area (Å²) < 4.78 is 6.18. The van der Waals surface area contributed by atoms with Crippen LogP contribution in [-0.4, -0.2) is 18.4 Å². The van der Waals surface area contributed by atoms with Crippen molar-refractivity contribution in [3.8, 4) is 11.8 Å². The second kappa shape index (κ2) is 15.3. The quantitative estimate of drug-likeness (QED) is 0.172. The standard InChI is InChI=1S/C8H13.3C4H9.Sn/c1-3-5-7-8-6-4-2;3*1-3-4-2;/h1,4,6-8H2,2H3;3*1,3-4H2,2H3;.